The molecule has 0 aromatic heterocycles. The van der Waals surface area contributed by atoms with Crippen molar-refractivity contribution in [3.05, 3.63) is 24.3 Å². The summed E-state index contributed by atoms with van der Waals surface area (Å²) in [6, 6.07) is 7.63. The quantitative estimate of drug-likeness (QED) is 0.899. The Morgan fingerprint density at radius 3 is 2.62 bits per heavy atom. The average molecular weight is 315 g/mol. The second-order valence-electron chi connectivity index (χ2n) is 4.81. The summed E-state index contributed by atoms with van der Waals surface area (Å²) in [4.78, 5) is 14.0. The predicted molar refractivity (Wildman–Crippen MR) is 84.4 cm³/mol. The van der Waals surface area contributed by atoms with Crippen LogP contribution in [0.5, 0.6) is 11.5 Å². The molecule has 1 fully saturated rings. The molecule has 0 aliphatic carbocycles. The van der Waals surface area contributed by atoms with Crippen molar-refractivity contribution in [3.8, 4) is 11.5 Å². The van der Waals surface area contributed by atoms with Gasteiger partial charge in [0.2, 0.25) is 0 Å². The highest BCUT2D eigenvalue weighted by molar-refractivity contribution is 5.85. The molecule has 6 heteroatoms. The number of carbonyl (C=O) groups excluding carboxylic acids is 1. The van der Waals surface area contributed by atoms with Crippen molar-refractivity contribution < 1.29 is 14.3 Å². The summed E-state index contributed by atoms with van der Waals surface area (Å²) in [5.41, 5.74) is 0. The Balaban J connectivity index is 0.00000220. The van der Waals surface area contributed by atoms with Gasteiger partial charge >= 0.3 is 0 Å². The molecule has 0 saturated carbocycles. The van der Waals surface area contributed by atoms with E-state index in [9.17, 15) is 4.79 Å². The third-order valence-electron chi connectivity index (χ3n) is 3.32. The Kier molecular flexibility index (Phi) is 7.32. The number of amides is 1. The van der Waals surface area contributed by atoms with E-state index in [1.807, 2.05) is 43.0 Å². The summed E-state index contributed by atoms with van der Waals surface area (Å²) in [5, 5.41) is 3.26. The second-order valence-corrected chi connectivity index (χ2v) is 4.81. The number of benzene rings is 1. The van der Waals surface area contributed by atoms with Crippen LogP contribution >= 0.6 is 12.4 Å². The third-order valence-corrected chi connectivity index (χ3v) is 3.32. The molecule has 1 unspecified atom stereocenters. The Morgan fingerprint density at radius 2 is 2.00 bits per heavy atom. The van der Waals surface area contributed by atoms with Crippen molar-refractivity contribution in [1.29, 1.82) is 0 Å². The normalized spacial score (nSPS) is 17.8. The molecule has 1 aromatic rings. The van der Waals surface area contributed by atoms with Crippen molar-refractivity contribution in [2.45, 2.75) is 19.9 Å². The molecule has 5 nitrogen and oxygen atoms in total. The van der Waals surface area contributed by atoms with Gasteiger partial charge in [0.15, 0.2) is 18.1 Å². The van der Waals surface area contributed by atoms with Gasteiger partial charge in [-0.25, -0.2) is 0 Å². The summed E-state index contributed by atoms with van der Waals surface area (Å²) in [5.74, 6) is 1.31. The molecule has 2 rings (SSSR count). The number of rotatable bonds is 5. The topological polar surface area (TPSA) is 50.8 Å². The van der Waals surface area contributed by atoms with Crippen molar-refractivity contribution in [2.75, 3.05) is 32.8 Å². The molecule has 1 N–H and O–H groups in total. The first kappa shape index (κ1) is 17.6. The van der Waals surface area contributed by atoms with Crippen LogP contribution in [-0.2, 0) is 4.79 Å². The lowest BCUT2D eigenvalue weighted by molar-refractivity contribution is -0.136. The van der Waals surface area contributed by atoms with Crippen LogP contribution in [0.15, 0.2) is 24.3 Å². The summed E-state index contributed by atoms with van der Waals surface area (Å²) in [7, 11) is 0. The smallest absolute Gasteiger partial charge is 0.260 e. The Bertz CT molecular complexity index is 456. The largest absolute Gasteiger partial charge is 0.490 e. The van der Waals surface area contributed by atoms with Crippen LogP contribution in [-0.4, -0.2) is 49.7 Å². The minimum atomic E-state index is 0. The van der Waals surface area contributed by atoms with Gasteiger partial charge in [0.1, 0.15) is 0 Å². The molecule has 1 atom stereocenters. The first-order chi connectivity index (χ1) is 9.72. The van der Waals surface area contributed by atoms with Gasteiger partial charge in [0.05, 0.1) is 6.61 Å². The minimum Gasteiger partial charge on any atom is -0.490 e. The molecule has 1 aliphatic rings. The lowest BCUT2D eigenvalue weighted by atomic mass is 10.2. The molecular weight excluding hydrogens is 292 g/mol. The van der Waals surface area contributed by atoms with Gasteiger partial charge in [-0.1, -0.05) is 12.1 Å². The predicted octanol–water partition coefficient (Wildman–Crippen LogP) is 1.71. The standard InChI is InChI=1S/C15H22N2O3.ClH/c1-3-19-13-6-4-5-7-14(13)20-11-15(18)17-9-8-16-10-12(17)2;/h4-7,12,16H,3,8-11H2,1-2H3;1H. The molecule has 1 aliphatic heterocycles. The average Bonchev–Trinajstić information content (AvgIpc) is 2.47. The van der Waals surface area contributed by atoms with E-state index in [0.717, 1.165) is 19.6 Å². The minimum absolute atomic E-state index is 0. The van der Waals surface area contributed by atoms with Crippen LogP contribution in [0.3, 0.4) is 0 Å². The number of para-hydroxylation sites is 2. The summed E-state index contributed by atoms with van der Waals surface area (Å²) >= 11 is 0. The zero-order valence-electron chi connectivity index (χ0n) is 12.5. The van der Waals surface area contributed by atoms with Crippen LogP contribution in [0.25, 0.3) is 0 Å². The highest BCUT2D eigenvalue weighted by Gasteiger charge is 2.23. The number of hydrogen-bond acceptors (Lipinski definition) is 4. The maximum atomic E-state index is 12.2. The van der Waals surface area contributed by atoms with Crippen molar-refractivity contribution >= 4 is 18.3 Å². The van der Waals surface area contributed by atoms with Gasteiger partial charge in [-0.05, 0) is 26.0 Å². The van der Waals surface area contributed by atoms with Crippen molar-refractivity contribution in [1.82, 2.24) is 10.2 Å². The van der Waals surface area contributed by atoms with Gasteiger partial charge in [-0.2, -0.15) is 0 Å². The van der Waals surface area contributed by atoms with Crippen LogP contribution < -0.4 is 14.8 Å². The number of carbonyl (C=O) groups is 1. The monoisotopic (exact) mass is 314 g/mol. The van der Waals surface area contributed by atoms with Crippen LogP contribution in [0.4, 0.5) is 0 Å². The van der Waals surface area contributed by atoms with E-state index >= 15 is 0 Å². The molecule has 1 aromatic carbocycles. The number of nitrogens with zero attached hydrogens (tertiary/aromatic N) is 1. The molecule has 0 radical (unpaired) electrons. The Morgan fingerprint density at radius 1 is 1.33 bits per heavy atom. The van der Waals surface area contributed by atoms with E-state index in [1.165, 1.54) is 0 Å². The maximum Gasteiger partial charge on any atom is 0.260 e. The van der Waals surface area contributed by atoms with Gasteiger partial charge < -0.3 is 19.7 Å². The molecule has 1 saturated heterocycles. The molecule has 0 spiro atoms. The number of piperazine rings is 1. The second kappa shape index (κ2) is 8.74. The molecule has 21 heavy (non-hydrogen) atoms. The fourth-order valence-corrected chi connectivity index (χ4v) is 2.28. The van der Waals surface area contributed by atoms with Crippen LogP contribution in [0, 0.1) is 0 Å². The molecular formula is C15H23ClN2O3. The van der Waals surface area contributed by atoms with E-state index in [2.05, 4.69) is 5.32 Å². The van der Waals surface area contributed by atoms with Crippen molar-refractivity contribution in [2.24, 2.45) is 0 Å². The zero-order valence-corrected chi connectivity index (χ0v) is 13.3. The first-order valence-electron chi connectivity index (χ1n) is 7.07. The number of nitrogens with one attached hydrogen (secondary N) is 1. The van der Waals surface area contributed by atoms with Crippen LogP contribution in [0.2, 0.25) is 0 Å². The molecule has 0 bridgehead atoms. The maximum absolute atomic E-state index is 12.2. The fraction of sp³-hybridized carbons (Fsp3) is 0.533. The zero-order chi connectivity index (χ0) is 14.4. The van der Waals surface area contributed by atoms with E-state index in [-0.39, 0.29) is 31.0 Å². The number of ether oxygens (including phenoxy) is 2. The van der Waals surface area contributed by atoms with E-state index in [0.29, 0.717) is 18.1 Å². The number of halogens is 1. The van der Waals surface area contributed by atoms with Crippen molar-refractivity contribution in [3.63, 3.8) is 0 Å². The van der Waals surface area contributed by atoms with Gasteiger partial charge in [-0.15, -0.1) is 12.4 Å². The van der Waals surface area contributed by atoms with E-state index in [4.69, 9.17) is 9.47 Å². The SMILES string of the molecule is CCOc1ccccc1OCC(=O)N1CCNCC1C.Cl. The summed E-state index contributed by atoms with van der Waals surface area (Å²) in [6.45, 7) is 6.99. The van der Waals surface area contributed by atoms with Gasteiger partial charge in [0, 0.05) is 25.7 Å². The molecule has 118 valence electrons. The lowest BCUT2D eigenvalue weighted by Crippen LogP contribution is -2.53. The van der Waals surface area contributed by atoms with Gasteiger partial charge in [-0.3, -0.25) is 4.79 Å². The fourth-order valence-electron chi connectivity index (χ4n) is 2.28. The molecule has 1 heterocycles. The third kappa shape index (κ3) is 4.79. The van der Waals surface area contributed by atoms with E-state index in [1.54, 1.807) is 0 Å². The highest BCUT2D eigenvalue weighted by Crippen LogP contribution is 2.26. The summed E-state index contributed by atoms with van der Waals surface area (Å²) in [6.07, 6.45) is 0. The lowest BCUT2D eigenvalue weighted by Gasteiger charge is -2.33. The number of hydrogen-bond donors (Lipinski definition) is 1. The van der Waals surface area contributed by atoms with Crippen LogP contribution in [0.1, 0.15) is 13.8 Å². The summed E-state index contributed by atoms with van der Waals surface area (Å²) < 4.78 is 11.1. The van der Waals surface area contributed by atoms with Gasteiger partial charge in [0.25, 0.3) is 5.91 Å². The highest BCUT2D eigenvalue weighted by atomic mass is 35.5. The first-order valence-corrected chi connectivity index (χ1v) is 7.07. The van der Waals surface area contributed by atoms with E-state index < -0.39 is 0 Å². The Labute approximate surface area is 132 Å². The Hall–Kier alpha value is -1.46. The molecule has 1 amide bonds.